The van der Waals surface area contributed by atoms with Crippen molar-refractivity contribution in [2.24, 2.45) is 5.73 Å². The third-order valence-corrected chi connectivity index (χ3v) is 5.64. The molecule has 0 radical (unpaired) electrons. The Morgan fingerprint density at radius 3 is 2.90 bits per heavy atom. The van der Waals surface area contributed by atoms with E-state index in [1.165, 1.54) is 4.90 Å². The van der Waals surface area contributed by atoms with Crippen LogP contribution in [0.15, 0.2) is 11.3 Å². The topological polar surface area (TPSA) is 89.7 Å². The highest BCUT2D eigenvalue weighted by Crippen LogP contribution is 2.35. The van der Waals surface area contributed by atoms with Gasteiger partial charge in [-0.15, -0.1) is 0 Å². The number of carbonyl (C=O) groups is 2. The van der Waals surface area contributed by atoms with Crippen LogP contribution in [-0.4, -0.2) is 50.1 Å². The molecule has 0 aromatic heterocycles. The molecule has 0 bridgehead atoms. The number of fused-ring (bicyclic) bond motifs is 1. The summed E-state index contributed by atoms with van der Waals surface area (Å²) in [5.74, 6) is -0.602. The van der Waals surface area contributed by atoms with Gasteiger partial charge in [-0.2, -0.15) is 0 Å². The Balaban J connectivity index is 2.26. The van der Waals surface area contributed by atoms with Gasteiger partial charge >= 0.3 is 5.97 Å². The smallest absolute Gasteiger partial charge is 0.355 e. The lowest BCUT2D eigenvalue weighted by Gasteiger charge is -2.47. The van der Waals surface area contributed by atoms with Crippen molar-refractivity contribution in [1.82, 2.24) is 4.90 Å². The fourth-order valence-corrected chi connectivity index (χ4v) is 4.59. The van der Waals surface area contributed by atoms with Crippen molar-refractivity contribution in [2.45, 2.75) is 37.6 Å². The van der Waals surface area contributed by atoms with E-state index >= 15 is 0 Å². The molecule has 8 heteroatoms. The Morgan fingerprint density at radius 2 is 2.29 bits per heavy atom. The zero-order chi connectivity index (χ0) is 15.6. The monoisotopic (exact) mass is 378 g/mol. The first kappa shape index (κ1) is 16.6. The van der Waals surface area contributed by atoms with Crippen LogP contribution in [0.5, 0.6) is 0 Å². The minimum absolute atomic E-state index is 0.252. The van der Waals surface area contributed by atoms with Gasteiger partial charge in [0.2, 0.25) is 5.91 Å². The van der Waals surface area contributed by atoms with E-state index in [1.54, 1.807) is 0 Å². The van der Waals surface area contributed by atoms with Crippen molar-refractivity contribution < 1.29 is 18.5 Å². The third kappa shape index (κ3) is 3.07. The molecule has 6 nitrogen and oxygen atoms in total. The lowest BCUT2D eigenvalue weighted by molar-refractivity contribution is -0.151. The first-order valence-corrected chi connectivity index (χ1v) is 9.44. The zero-order valence-corrected chi connectivity index (χ0v) is 14.2. The summed E-state index contributed by atoms with van der Waals surface area (Å²) in [6.45, 7) is 2.32. The predicted molar refractivity (Wildman–Crippen MR) is 82.9 cm³/mol. The van der Waals surface area contributed by atoms with Gasteiger partial charge in [0.15, 0.2) is 0 Å². The third-order valence-electron chi connectivity index (χ3n) is 3.57. The number of halogens is 1. The van der Waals surface area contributed by atoms with Crippen LogP contribution in [0.25, 0.3) is 0 Å². The Hall–Kier alpha value is -0.730. The van der Waals surface area contributed by atoms with Crippen molar-refractivity contribution >= 4 is 38.6 Å². The molecular formula is C13H19BrN2O4S. The summed E-state index contributed by atoms with van der Waals surface area (Å²) in [5.41, 5.74) is 6.65. The number of esters is 1. The Labute approximate surface area is 134 Å². The number of alkyl halides is 1. The predicted octanol–water partition coefficient (Wildman–Crippen LogP) is 0.627. The minimum atomic E-state index is -1.26. The number of amides is 1. The molecule has 0 aromatic rings. The molecule has 2 aliphatic rings. The number of hydrogen-bond acceptors (Lipinski definition) is 5. The summed E-state index contributed by atoms with van der Waals surface area (Å²) in [5, 5.41) is 0.0367. The molecule has 1 saturated heterocycles. The van der Waals surface area contributed by atoms with E-state index in [2.05, 4.69) is 15.9 Å². The second-order valence-corrected chi connectivity index (χ2v) is 7.36. The molecule has 2 aliphatic heterocycles. The molecule has 21 heavy (non-hydrogen) atoms. The number of nitrogens with zero attached hydrogens (tertiary/aromatic N) is 1. The second kappa shape index (κ2) is 7.02. The highest BCUT2D eigenvalue weighted by Gasteiger charge is 2.54. The molecule has 0 aromatic carbocycles. The number of hydrogen-bond donors (Lipinski definition) is 1. The number of rotatable bonds is 6. The van der Waals surface area contributed by atoms with E-state index < -0.39 is 28.2 Å². The summed E-state index contributed by atoms with van der Waals surface area (Å²) >= 11 is 3.31. The van der Waals surface area contributed by atoms with Gasteiger partial charge in [-0.1, -0.05) is 29.3 Å². The van der Waals surface area contributed by atoms with Crippen LogP contribution < -0.4 is 5.73 Å². The van der Waals surface area contributed by atoms with Crippen molar-refractivity contribution in [2.75, 3.05) is 17.7 Å². The Bertz CT molecular complexity index is 508. The second-order valence-electron chi connectivity index (χ2n) is 5.03. The van der Waals surface area contributed by atoms with Crippen LogP contribution in [0.4, 0.5) is 0 Å². The maximum absolute atomic E-state index is 12.3. The molecule has 118 valence electrons. The largest absolute Gasteiger partial charge is 0.461 e. The van der Waals surface area contributed by atoms with E-state index in [4.69, 9.17) is 10.5 Å². The summed E-state index contributed by atoms with van der Waals surface area (Å²) in [7, 11) is -1.26. The number of ether oxygens (including phenoxy) is 1. The van der Waals surface area contributed by atoms with Gasteiger partial charge in [-0.25, -0.2) is 4.79 Å². The fourth-order valence-electron chi connectivity index (χ4n) is 2.43. The van der Waals surface area contributed by atoms with Gasteiger partial charge in [-0.3, -0.25) is 13.9 Å². The van der Waals surface area contributed by atoms with Crippen LogP contribution in [0.3, 0.4) is 0 Å². The SMILES string of the molecule is CCCCOC(=O)C1=C(CCBr)CS(=O)[C@H]2[C@H](N)C(=O)N12. The van der Waals surface area contributed by atoms with Crippen LogP contribution >= 0.6 is 15.9 Å². The van der Waals surface area contributed by atoms with E-state index in [9.17, 15) is 13.8 Å². The van der Waals surface area contributed by atoms with Gasteiger partial charge < -0.3 is 10.5 Å². The lowest BCUT2D eigenvalue weighted by atomic mass is 10.0. The fraction of sp³-hybridized carbons (Fsp3) is 0.692. The van der Waals surface area contributed by atoms with Gasteiger partial charge in [0.1, 0.15) is 17.1 Å². The van der Waals surface area contributed by atoms with Crippen LogP contribution in [0.2, 0.25) is 0 Å². The van der Waals surface area contributed by atoms with Crippen molar-refractivity contribution in [1.29, 1.82) is 0 Å². The maximum atomic E-state index is 12.3. The first-order valence-electron chi connectivity index (χ1n) is 6.93. The summed E-state index contributed by atoms with van der Waals surface area (Å²) in [6, 6.07) is -0.783. The number of β-lactam (4-membered cyclic amide) rings is 1. The lowest BCUT2D eigenvalue weighted by Crippen LogP contribution is -2.71. The van der Waals surface area contributed by atoms with E-state index in [1.807, 2.05) is 6.92 Å². The Morgan fingerprint density at radius 1 is 1.57 bits per heavy atom. The first-order chi connectivity index (χ1) is 10.0. The maximum Gasteiger partial charge on any atom is 0.355 e. The molecule has 2 heterocycles. The van der Waals surface area contributed by atoms with Crippen LogP contribution in [0.1, 0.15) is 26.2 Å². The van der Waals surface area contributed by atoms with Gasteiger partial charge in [0, 0.05) is 11.1 Å². The normalized spacial score (nSPS) is 28.2. The van der Waals surface area contributed by atoms with Gasteiger partial charge in [0.05, 0.1) is 17.4 Å². The quantitative estimate of drug-likeness (QED) is 0.316. The molecule has 0 aliphatic carbocycles. The number of carbonyl (C=O) groups excluding carboxylic acids is 2. The molecule has 1 amide bonds. The molecule has 3 atom stereocenters. The average Bonchev–Trinajstić information content (AvgIpc) is 2.46. The molecular weight excluding hydrogens is 360 g/mol. The van der Waals surface area contributed by atoms with E-state index in [0.717, 1.165) is 12.8 Å². The highest BCUT2D eigenvalue weighted by atomic mass is 79.9. The zero-order valence-electron chi connectivity index (χ0n) is 11.8. The molecule has 2 rings (SSSR count). The Kier molecular flexibility index (Phi) is 5.56. The number of nitrogens with two attached hydrogens (primary N) is 1. The molecule has 1 fully saturated rings. The van der Waals surface area contributed by atoms with E-state index in [-0.39, 0.29) is 17.4 Å². The standard InChI is InChI=1S/C13H19BrN2O4S/c1-2-3-6-20-13(18)10-8(4-5-14)7-21(19)12-9(15)11(17)16(10)12/h9,12H,2-7,15H2,1H3/t9-,12+,21?/m1/s1. The van der Waals surface area contributed by atoms with Gasteiger partial charge in [0.25, 0.3) is 0 Å². The molecule has 2 N–H and O–H groups in total. The molecule has 1 unspecified atom stereocenters. The van der Waals surface area contributed by atoms with Crippen molar-refractivity contribution in [3.05, 3.63) is 11.3 Å². The van der Waals surface area contributed by atoms with Gasteiger partial charge in [-0.05, 0) is 18.4 Å². The summed E-state index contributed by atoms with van der Waals surface area (Å²) < 4.78 is 17.4. The number of unbranched alkanes of at least 4 members (excludes halogenated alkanes) is 1. The summed E-state index contributed by atoms with van der Waals surface area (Å²) in [4.78, 5) is 25.5. The average molecular weight is 379 g/mol. The van der Waals surface area contributed by atoms with Crippen LogP contribution in [-0.2, 0) is 25.1 Å². The molecule has 0 spiro atoms. The molecule has 0 saturated carbocycles. The van der Waals surface area contributed by atoms with Crippen LogP contribution in [0, 0.1) is 0 Å². The highest BCUT2D eigenvalue weighted by molar-refractivity contribution is 9.09. The van der Waals surface area contributed by atoms with Crippen molar-refractivity contribution in [3.8, 4) is 0 Å². The van der Waals surface area contributed by atoms with Crippen molar-refractivity contribution in [3.63, 3.8) is 0 Å². The van der Waals surface area contributed by atoms with E-state index in [0.29, 0.717) is 23.9 Å². The summed E-state index contributed by atoms with van der Waals surface area (Å²) in [6.07, 6.45) is 2.24. The minimum Gasteiger partial charge on any atom is -0.461 e.